The molecule has 0 N–H and O–H groups in total. The molecule has 0 saturated heterocycles. The summed E-state index contributed by atoms with van der Waals surface area (Å²) >= 11 is 3.43. The van der Waals surface area contributed by atoms with Crippen LogP contribution in [0.1, 0.15) is 30.7 Å². The monoisotopic (exact) mass is 249 g/mol. The molecule has 0 bridgehead atoms. The Labute approximate surface area is 92.9 Å². The molecule has 14 heavy (non-hydrogen) atoms. The van der Waals surface area contributed by atoms with Gasteiger partial charge in [0.2, 0.25) is 0 Å². The lowest BCUT2D eigenvalue weighted by molar-refractivity contribution is 0.670. The Kier molecular flexibility index (Phi) is 2.88. The molecule has 72 valence electrons. The quantitative estimate of drug-likeness (QED) is 0.742. The number of nitrogens with zero attached hydrogens (tertiary/aromatic N) is 1. The maximum absolute atomic E-state index is 8.82. The Morgan fingerprint density at radius 1 is 1.21 bits per heavy atom. The van der Waals surface area contributed by atoms with Crippen molar-refractivity contribution in [1.82, 2.24) is 0 Å². The van der Waals surface area contributed by atoms with Gasteiger partial charge in [-0.1, -0.05) is 28.1 Å². The highest BCUT2D eigenvalue weighted by molar-refractivity contribution is 9.10. The van der Waals surface area contributed by atoms with Crippen molar-refractivity contribution in [2.75, 3.05) is 0 Å². The van der Waals surface area contributed by atoms with Gasteiger partial charge in [0.05, 0.1) is 6.07 Å². The minimum absolute atomic E-state index is 0.281. The number of nitriles is 1. The molecule has 0 amide bonds. The van der Waals surface area contributed by atoms with Gasteiger partial charge in [0.1, 0.15) is 0 Å². The van der Waals surface area contributed by atoms with Crippen LogP contribution in [0.3, 0.4) is 0 Å². The summed E-state index contributed by atoms with van der Waals surface area (Å²) < 4.78 is 1.12. The fourth-order valence-electron chi connectivity index (χ4n) is 2.14. The third-order valence-corrected chi connectivity index (χ3v) is 3.49. The Morgan fingerprint density at radius 3 is 2.50 bits per heavy atom. The van der Waals surface area contributed by atoms with Crippen LogP contribution in [0.25, 0.3) is 0 Å². The first-order valence-corrected chi connectivity index (χ1v) is 5.74. The largest absolute Gasteiger partial charge is 0.198 e. The number of hydrogen-bond acceptors (Lipinski definition) is 1. The zero-order valence-corrected chi connectivity index (χ0v) is 9.50. The van der Waals surface area contributed by atoms with Crippen LogP contribution in [-0.2, 0) is 0 Å². The van der Waals surface area contributed by atoms with Gasteiger partial charge in [-0.25, -0.2) is 0 Å². The summed E-state index contributed by atoms with van der Waals surface area (Å²) in [7, 11) is 0. The molecule has 2 rings (SSSR count). The lowest BCUT2D eigenvalue weighted by Gasteiger charge is -2.08. The van der Waals surface area contributed by atoms with E-state index in [-0.39, 0.29) is 5.92 Å². The van der Waals surface area contributed by atoms with Crippen LogP contribution in [0.2, 0.25) is 0 Å². The highest BCUT2D eigenvalue weighted by atomic mass is 79.9. The van der Waals surface area contributed by atoms with Gasteiger partial charge in [0.15, 0.2) is 0 Å². The predicted molar refractivity (Wildman–Crippen MR) is 59.8 cm³/mol. The van der Waals surface area contributed by atoms with Crippen molar-refractivity contribution in [3.63, 3.8) is 0 Å². The maximum atomic E-state index is 8.82. The maximum Gasteiger partial charge on any atom is 0.0656 e. The highest BCUT2D eigenvalue weighted by Crippen LogP contribution is 2.37. The zero-order chi connectivity index (χ0) is 9.97. The Morgan fingerprint density at radius 2 is 1.93 bits per heavy atom. The first-order chi connectivity index (χ1) is 6.79. The second-order valence-corrected chi connectivity index (χ2v) is 4.80. The Balaban J connectivity index is 2.10. The lowest BCUT2D eigenvalue weighted by Crippen LogP contribution is -1.93. The molecule has 0 aliphatic heterocycles. The van der Waals surface area contributed by atoms with Crippen molar-refractivity contribution in [3.05, 3.63) is 34.3 Å². The molecule has 2 atom stereocenters. The molecular weight excluding hydrogens is 238 g/mol. The van der Waals surface area contributed by atoms with Crippen molar-refractivity contribution in [3.8, 4) is 6.07 Å². The number of benzene rings is 1. The molecule has 0 aromatic heterocycles. The molecule has 1 aromatic rings. The van der Waals surface area contributed by atoms with Gasteiger partial charge in [-0.05, 0) is 42.9 Å². The number of hydrogen-bond donors (Lipinski definition) is 0. The second kappa shape index (κ2) is 4.14. The fourth-order valence-corrected chi connectivity index (χ4v) is 2.40. The molecular formula is C12H12BrN. The molecule has 0 spiro atoms. The normalized spacial score (nSPS) is 26.0. The fraction of sp³-hybridized carbons (Fsp3) is 0.417. The van der Waals surface area contributed by atoms with E-state index >= 15 is 0 Å². The van der Waals surface area contributed by atoms with E-state index in [1.807, 2.05) is 0 Å². The second-order valence-electron chi connectivity index (χ2n) is 3.89. The molecule has 2 heteroatoms. The first kappa shape index (κ1) is 9.73. The average Bonchev–Trinajstić information content (AvgIpc) is 2.67. The van der Waals surface area contributed by atoms with E-state index in [1.165, 1.54) is 12.0 Å². The van der Waals surface area contributed by atoms with Gasteiger partial charge < -0.3 is 0 Å². The Hall–Kier alpha value is -0.810. The van der Waals surface area contributed by atoms with Crippen LogP contribution in [0.4, 0.5) is 0 Å². The van der Waals surface area contributed by atoms with Crippen molar-refractivity contribution in [2.45, 2.75) is 25.2 Å². The summed E-state index contributed by atoms with van der Waals surface area (Å²) in [6.07, 6.45) is 3.27. The summed E-state index contributed by atoms with van der Waals surface area (Å²) in [4.78, 5) is 0. The summed E-state index contributed by atoms with van der Waals surface area (Å²) in [5.74, 6) is 0.886. The van der Waals surface area contributed by atoms with Gasteiger partial charge in [0.25, 0.3) is 0 Å². The molecule has 2 unspecified atom stereocenters. The Bertz CT molecular complexity index is 350. The van der Waals surface area contributed by atoms with Crippen LogP contribution in [0.5, 0.6) is 0 Å². The van der Waals surface area contributed by atoms with E-state index in [1.54, 1.807) is 0 Å². The molecule has 1 aliphatic rings. The molecule has 1 nitrogen and oxygen atoms in total. The molecule has 0 radical (unpaired) electrons. The molecule has 1 aromatic carbocycles. The van der Waals surface area contributed by atoms with Crippen molar-refractivity contribution >= 4 is 15.9 Å². The SMILES string of the molecule is N#CC1CCC(c2ccc(Br)cc2)C1. The van der Waals surface area contributed by atoms with Crippen molar-refractivity contribution in [1.29, 1.82) is 5.26 Å². The minimum atomic E-state index is 0.281. The molecule has 0 heterocycles. The molecule has 1 aliphatic carbocycles. The topological polar surface area (TPSA) is 23.8 Å². The lowest BCUT2D eigenvalue weighted by atomic mass is 9.97. The van der Waals surface area contributed by atoms with E-state index < -0.39 is 0 Å². The van der Waals surface area contributed by atoms with Crippen molar-refractivity contribution < 1.29 is 0 Å². The van der Waals surface area contributed by atoms with Gasteiger partial charge >= 0.3 is 0 Å². The van der Waals surface area contributed by atoms with Crippen LogP contribution in [-0.4, -0.2) is 0 Å². The zero-order valence-electron chi connectivity index (χ0n) is 7.91. The first-order valence-electron chi connectivity index (χ1n) is 4.94. The average molecular weight is 250 g/mol. The summed E-state index contributed by atoms with van der Waals surface area (Å²) in [5, 5.41) is 8.82. The van der Waals surface area contributed by atoms with Gasteiger partial charge in [-0.15, -0.1) is 0 Å². The van der Waals surface area contributed by atoms with Crippen LogP contribution < -0.4 is 0 Å². The number of rotatable bonds is 1. The third kappa shape index (κ3) is 1.99. The highest BCUT2D eigenvalue weighted by Gasteiger charge is 2.25. The summed E-state index contributed by atoms with van der Waals surface area (Å²) in [6, 6.07) is 10.8. The van der Waals surface area contributed by atoms with Crippen molar-refractivity contribution in [2.24, 2.45) is 5.92 Å². The minimum Gasteiger partial charge on any atom is -0.198 e. The van der Waals surface area contributed by atoms with E-state index in [2.05, 4.69) is 46.3 Å². The van der Waals surface area contributed by atoms with Gasteiger partial charge in [-0.3, -0.25) is 0 Å². The molecule has 1 fully saturated rings. The van der Waals surface area contributed by atoms with Crippen LogP contribution >= 0.6 is 15.9 Å². The van der Waals surface area contributed by atoms with Gasteiger partial charge in [0, 0.05) is 10.4 Å². The summed E-state index contributed by atoms with van der Waals surface area (Å²) in [6.45, 7) is 0. The van der Waals surface area contributed by atoms with Crippen LogP contribution in [0.15, 0.2) is 28.7 Å². The predicted octanol–water partition coefficient (Wildman–Crippen LogP) is 3.86. The summed E-state index contributed by atoms with van der Waals surface area (Å²) in [5.41, 5.74) is 1.38. The van der Waals surface area contributed by atoms with E-state index in [4.69, 9.17) is 5.26 Å². The molecule has 1 saturated carbocycles. The van der Waals surface area contributed by atoms with Crippen LogP contribution in [0, 0.1) is 17.2 Å². The standard InChI is InChI=1S/C12H12BrN/c13-12-5-3-10(4-6-12)11-2-1-9(7-11)8-14/h3-6,9,11H,1-2,7H2. The van der Waals surface area contributed by atoms with E-state index in [0.29, 0.717) is 5.92 Å². The van der Waals surface area contributed by atoms with E-state index in [0.717, 1.165) is 17.3 Å². The van der Waals surface area contributed by atoms with E-state index in [9.17, 15) is 0 Å². The number of halogens is 1. The van der Waals surface area contributed by atoms with Gasteiger partial charge in [-0.2, -0.15) is 5.26 Å². The third-order valence-electron chi connectivity index (χ3n) is 2.96. The smallest absolute Gasteiger partial charge is 0.0656 e.